The lowest BCUT2D eigenvalue weighted by Gasteiger charge is -2.12. The van der Waals surface area contributed by atoms with Crippen molar-refractivity contribution in [2.45, 2.75) is 67.9 Å². The van der Waals surface area contributed by atoms with Crippen LogP contribution in [-0.4, -0.2) is 24.9 Å². The highest BCUT2D eigenvalue weighted by Crippen LogP contribution is 2.31. The Labute approximate surface area is 256 Å². The van der Waals surface area contributed by atoms with Crippen LogP contribution >= 0.6 is 0 Å². The summed E-state index contributed by atoms with van der Waals surface area (Å²) < 4.78 is 4.53. The highest BCUT2D eigenvalue weighted by molar-refractivity contribution is 6.00. The highest BCUT2D eigenvalue weighted by Gasteiger charge is 2.17. The van der Waals surface area contributed by atoms with Crippen LogP contribution in [0.5, 0.6) is 0 Å². The predicted molar refractivity (Wildman–Crippen MR) is 182 cm³/mol. The number of aromatic nitrogens is 4. The van der Waals surface area contributed by atoms with Gasteiger partial charge in [-0.2, -0.15) is 0 Å². The minimum absolute atomic E-state index is 0.0792. The molecule has 5 heteroatoms. The Morgan fingerprint density at radius 1 is 0.791 bits per heavy atom. The van der Waals surface area contributed by atoms with Crippen molar-refractivity contribution in [2.75, 3.05) is 0 Å². The SMILES string of the molecule is CC.CC.CCCc1nc2c(C)cc(-c3nc4ccccc4n3C)cc2n1Cc1ccc(-c2ccccc2C(C)=O)cc1. The molecular weight excluding hydrogens is 528 g/mol. The quantitative estimate of drug-likeness (QED) is 0.179. The standard InChI is InChI=1S/C34H32N4O.2C2H6/c1-5-10-32-36-33-22(2)19-26(34-35-29-13-8-9-14-30(29)37(34)4)20-31(33)38(32)21-24-15-17-25(18-16-24)28-12-7-6-11-27(28)23(3)39;2*1-2/h6-9,11-20H,5,10,21H2,1-4H3;2*1-2H3. The van der Waals surface area contributed by atoms with Crippen molar-refractivity contribution in [2.24, 2.45) is 7.05 Å². The van der Waals surface area contributed by atoms with Crippen molar-refractivity contribution in [1.29, 1.82) is 0 Å². The zero-order valence-corrected chi connectivity index (χ0v) is 26.9. The fraction of sp³-hybridized carbons (Fsp3) is 0.289. The van der Waals surface area contributed by atoms with E-state index in [9.17, 15) is 4.79 Å². The molecule has 5 nitrogen and oxygen atoms in total. The molecule has 0 bridgehead atoms. The molecule has 6 aromatic rings. The lowest BCUT2D eigenvalue weighted by atomic mass is 9.97. The molecule has 0 saturated heterocycles. The van der Waals surface area contributed by atoms with Gasteiger partial charge in [0.05, 0.1) is 22.1 Å². The van der Waals surface area contributed by atoms with Crippen LogP contribution in [0.3, 0.4) is 0 Å². The smallest absolute Gasteiger partial charge is 0.160 e. The van der Waals surface area contributed by atoms with Crippen LogP contribution in [-0.2, 0) is 20.0 Å². The molecule has 0 unspecified atom stereocenters. The average molecular weight is 573 g/mol. The summed E-state index contributed by atoms with van der Waals surface area (Å²) in [5.74, 6) is 2.14. The first kappa shape index (κ1) is 31.4. The summed E-state index contributed by atoms with van der Waals surface area (Å²) in [6.45, 7) is 14.7. The molecule has 43 heavy (non-hydrogen) atoms. The lowest BCUT2D eigenvalue weighted by Crippen LogP contribution is -2.05. The molecule has 0 fully saturated rings. The van der Waals surface area contributed by atoms with Crippen molar-refractivity contribution >= 4 is 27.9 Å². The molecule has 0 radical (unpaired) electrons. The first-order chi connectivity index (χ1) is 20.9. The van der Waals surface area contributed by atoms with Crippen molar-refractivity contribution in [3.05, 3.63) is 107 Å². The van der Waals surface area contributed by atoms with Gasteiger partial charge in [-0.05, 0) is 66.8 Å². The number of hydrogen-bond donors (Lipinski definition) is 0. The van der Waals surface area contributed by atoms with Crippen LogP contribution in [0.4, 0.5) is 0 Å². The van der Waals surface area contributed by atoms with Gasteiger partial charge in [-0.15, -0.1) is 0 Å². The van der Waals surface area contributed by atoms with Gasteiger partial charge in [-0.25, -0.2) is 9.97 Å². The molecule has 0 saturated carbocycles. The molecule has 2 aromatic heterocycles. The number of benzene rings is 4. The predicted octanol–water partition coefficient (Wildman–Crippen LogP) is 9.82. The molecule has 0 aliphatic heterocycles. The van der Waals surface area contributed by atoms with Gasteiger partial charge in [0.25, 0.3) is 0 Å². The van der Waals surface area contributed by atoms with Gasteiger partial charge in [0.15, 0.2) is 5.78 Å². The number of ketones is 1. The Kier molecular flexibility index (Phi) is 10.3. The molecular formula is C38H44N4O. The van der Waals surface area contributed by atoms with E-state index < -0.39 is 0 Å². The second-order valence-electron chi connectivity index (χ2n) is 10.3. The molecule has 0 amide bonds. The largest absolute Gasteiger partial charge is 0.327 e. The third-order valence-corrected chi connectivity index (χ3v) is 7.55. The molecule has 0 aliphatic carbocycles. The zero-order chi connectivity index (χ0) is 31.1. The Bertz CT molecular complexity index is 1840. The Morgan fingerprint density at radius 3 is 2.14 bits per heavy atom. The maximum Gasteiger partial charge on any atom is 0.160 e. The topological polar surface area (TPSA) is 52.7 Å². The number of imidazole rings is 2. The van der Waals surface area contributed by atoms with Crippen LogP contribution in [0, 0.1) is 6.92 Å². The second kappa shape index (κ2) is 14.1. The van der Waals surface area contributed by atoms with Gasteiger partial charge in [-0.3, -0.25) is 4.79 Å². The third-order valence-electron chi connectivity index (χ3n) is 7.55. The first-order valence-corrected chi connectivity index (χ1v) is 15.6. The lowest BCUT2D eigenvalue weighted by molar-refractivity contribution is 0.101. The van der Waals surface area contributed by atoms with E-state index in [0.717, 1.165) is 80.9 Å². The zero-order valence-electron chi connectivity index (χ0n) is 26.9. The van der Waals surface area contributed by atoms with E-state index in [0.29, 0.717) is 0 Å². The molecule has 4 aromatic carbocycles. The average Bonchev–Trinajstić information content (AvgIpc) is 3.57. The molecule has 2 heterocycles. The highest BCUT2D eigenvalue weighted by atomic mass is 16.1. The van der Waals surface area contributed by atoms with E-state index in [1.54, 1.807) is 6.92 Å². The van der Waals surface area contributed by atoms with Gasteiger partial charge in [0.1, 0.15) is 11.6 Å². The fourth-order valence-electron chi connectivity index (χ4n) is 5.58. The Morgan fingerprint density at radius 2 is 1.47 bits per heavy atom. The number of carbonyl (C=O) groups is 1. The van der Waals surface area contributed by atoms with Gasteiger partial charge >= 0.3 is 0 Å². The molecule has 0 atom stereocenters. The van der Waals surface area contributed by atoms with E-state index in [-0.39, 0.29) is 5.78 Å². The number of carbonyl (C=O) groups excluding carboxylic acids is 1. The number of fused-ring (bicyclic) bond motifs is 2. The van der Waals surface area contributed by atoms with Crippen molar-refractivity contribution in [3.63, 3.8) is 0 Å². The second-order valence-corrected chi connectivity index (χ2v) is 10.3. The minimum atomic E-state index is 0.0792. The van der Waals surface area contributed by atoms with E-state index in [1.807, 2.05) is 58.0 Å². The normalized spacial score (nSPS) is 10.7. The number of nitrogens with zero attached hydrogens (tertiary/aromatic N) is 4. The van der Waals surface area contributed by atoms with Crippen LogP contribution in [0.15, 0.2) is 84.9 Å². The summed E-state index contributed by atoms with van der Waals surface area (Å²) in [7, 11) is 2.08. The summed E-state index contributed by atoms with van der Waals surface area (Å²) in [4.78, 5) is 22.2. The van der Waals surface area contributed by atoms with Crippen LogP contribution in [0.25, 0.3) is 44.6 Å². The van der Waals surface area contributed by atoms with E-state index in [4.69, 9.17) is 9.97 Å². The number of hydrogen-bond acceptors (Lipinski definition) is 3. The maximum atomic E-state index is 12.2. The summed E-state index contributed by atoms with van der Waals surface area (Å²) in [6.07, 6.45) is 1.95. The minimum Gasteiger partial charge on any atom is -0.327 e. The van der Waals surface area contributed by atoms with E-state index >= 15 is 0 Å². The molecule has 0 aliphatic rings. The van der Waals surface area contributed by atoms with Gasteiger partial charge in [-0.1, -0.05) is 95.3 Å². The number of aryl methyl sites for hydroxylation is 3. The van der Waals surface area contributed by atoms with Gasteiger partial charge in [0.2, 0.25) is 0 Å². The molecule has 0 N–H and O–H groups in total. The fourth-order valence-corrected chi connectivity index (χ4v) is 5.58. The first-order valence-electron chi connectivity index (χ1n) is 15.6. The van der Waals surface area contributed by atoms with Crippen molar-refractivity contribution in [3.8, 4) is 22.5 Å². The summed E-state index contributed by atoms with van der Waals surface area (Å²) >= 11 is 0. The van der Waals surface area contributed by atoms with Gasteiger partial charge < -0.3 is 9.13 Å². The number of Topliss-reactive ketones (excluding diaryl/α,β-unsaturated/α-hetero) is 1. The third kappa shape index (κ3) is 6.31. The maximum absolute atomic E-state index is 12.2. The van der Waals surface area contributed by atoms with Crippen LogP contribution < -0.4 is 0 Å². The summed E-state index contributed by atoms with van der Waals surface area (Å²) in [5, 5.41) is 0. The van der Waals surface area contributed by atoms with Gasteiger partial charge in [0, 0.05) is 31.1 Å². The number of para-hydroxylation sites is 2. The Balaban J connectivity index is 0.00000102. The Hall–Kier alpha value is -4.51. The van der Waals surface area contributed by atoms with Crippen LogP contribution in [0.2, 0.25) is 0 Å². The van der Waals surface area contributed by atoms with Crippen molar-refractivity contribution < 1.29 is 4.79 Å². The van der Waals surface area contributed by atoms with Crippen molar-refractivity contribution in [1.82, 2.24) is 19.1 Å². The van der Waals surface area contributed by atoms with E-state index in [1.165, 1.54) is 5.56 Å². The van der Waals surface area contributed by atoms with Crippen LogP contribution in [0.1, 0.15) is 75.3 Å². The number of rotatable bonds is 7. The molecule has 0 spiro atoms. The summed E-state index contributed by atoms with van der Waals surface area (Å²) in [5.41, 5.74) is 10.5. The molecule has 222 valence electrons. The summed E-state index contributed by atoms with van der Waals surface area (Å²) in [6, 6.07) is 29.1. The van der Waals surface area contributed by atoms with E-state index in [2.05, 4.69) is 84.6 Å². The monoisotopic (exact) mass is 572 g/mol. The molecule has 6 rings (SSSR count).